The summed E-state index contributed by atoms with van der Waals surface area (Å²) in [6.45, 7) is 1.79. The molecular formula is C22H17F3N2O2. The second-order valence-electron chi connectivity index (χ2n) is 6.16. The number of methoxy groups -OCH3 is 2. The van der Waals surface area contributed by atoms with Crippen molar-refractivity contribution in [2.75, 3.05) is 14.2 Å². The van der Waals surface area contributed by atoms with Gasteiger partial charge in [-0.2, -0.15) is 13.2 Å². The first-order valence-electron chi connectivity index (χ1n) is 8.58. The van der Waals surface area contributed by atoms with Gasteiger partial charge in [-0.05, 0) is 60.9 Å². The first kappa shape index (κ1) is 20.2. The molecule has 0 saturated carbocycles. The van der Waals surface area contributed by atoms with E-state index in [-0.39, 0.29) is 5.75 Å². The van der Waals surface area contributed by atoms with Gasteiger partial charge in [0, 0.05) is 11.1 Å². The Hall–Kier alpha value is -3.53. The maximum absolute atomic E-state index is 12.9. The molecule has 7 heteroatoms. The zero-order chi connectivity index (χ0) is 21.0. The molecule has 0 radical (unpaired) electrons. The lowest BCUT2D eigenvalue weighted by molar-refractivity contribution is -0.137. The summed E-state index contributed by atoms with van der Waals surface area (Å²) < 4.78 is 49.1. The number of hydrogen-bond acceptors (Lipinski definition) is 4. The van der Waals surface area contributed by atoms with Gasteiger partial charge in [-0.3, -0.25) is 0 Å². The van der Waals surface area contributed by atoms with Crippen LogP contribution >= 0.6 is 0 Å². The predicted molar refractivity (Wildman–Crippen MR) is 103 cm³/mol. The molecule has 0 atom stereocenters. The van der Waals surface area contributed by atoms with Crippen molar-refractivity contribution in [1.82, 2.24) is 10.2 Å². The van der Waals surface area contributed by atoms with E-state index in [0.717, 1.165) is 17.7 Å². The lowest BCUT2D eigenvalue weighted by Crippen LogP contribution is -2.06. The molecule has 0 aliphatic rings. The third-order valence-electron chi connectivity index (χ3n) is 4.17. The first-order chi connectivity index (χ1) is 13.8. The Balaban J connectivity index is 1.94. The van der Waals surface area contributed by atoms with Crippen LogP contribution in [0, 0.1) is 18.8 Å². The molecule has 0 unspecified atom stereocenters. The Kier molecular flexibility index (Phi) is 5.74. The van der Waals surface area contributed by atoms with Crippen molar-refractivity contribution in [3.8, 4) is 34.6 Å². The van der Waals surface area contributed by atoms with E-state index in [4.69, 9.17) is 9.47 Å². The van der Waals surface area contributed by atoms with Crippen molar-refractivity contribution >= 4 is 0 Å². The van der Waals surface area contributed by atoms with E-state index in [1.165, 1.54) is 13.2 Å². The van der Waals surface area contributed by atoms with E-state index in [1.54, 1.807) is 26.2 Å². The quantitative estimate of drug-likeness (QED) is 0.590. The maximum Gasteiger partial charge on any atom is 0.416 e. The fourth-order valence-corrected chi connectivity index (χ4v) is 2.71. The minimum Gasteiger partial charge on any atom is -0.497 e. The van der Waals surface area contributed by atoms with Crippen LogP contribution in [0.2, 0.25) is 0 Å². The third-order valence-corrected chi connectivity index (χ3v) is 4.17. The Morgan fingerprint density at radius 2 is 1.69 bits per heavy atom. The highest BCUT2D eigenvalue weighted by atomic mass is 19.4. The number of hydrogen-bond donors (Lipinski definition) is 0. The van der Waals surface area contributed by atoms with Crippen LogP contribution in [-0.2, 0) is 6.18 Å². The number of alkyl halides is 3. The molecule has 0 amide bonds. The number of benzene rings is 2. The van der Waals surface area contributed by atoms with Gasteiger partial charge in [0.1, 0.15) is 17.2 Å². The summed E-state index contributed by atoms with van der Waals surface area (Å²) in [5.74, 6) is 6.69. The maximum atomic E-state index is 12.9. The van der Waals surface area contributed by atoms with Crippen LogP contribution in [0.1, 0.15) is 22.4 Å². The van der Waals surface area contributed by atoms with Crippen LogP contribution in [0.4, 0.5) is 13.2 Å². The molecule has 1 aromatic heterocycles. The molecule has 0 bridgehead atoms. The largest absolute Gasteiger partial charge is 0.497 e. The summed E-state index contributed by atoms with van der Waals surface area (Å²) in [5, 5.41) is 8.24. The number of aromatic nitrogens is 2. The average molecular weight is 398 g/mol. The Morgan fingerprint density at radius 1 is 0.897 bits per heavy atom. The van der Waals surface area contributed by atoms with Crippen molar-refractivity contribution in [2.24, 2.45) is 0 Å². The fourth-order valence-electron chi connectivity index (χ4n) is 2.71. The van der Waals surface area contributed by atoms with Gasteiger partial charge in [-0.1, -0.05) is 12.0 Å². The standard InChI is InChI=1S/C22H17F3N2O2/c1-14-11-17(9-7-15-5-4-6-18(12-15)28-2)26-27-21(14)19-10-8-16(22(23,24)25)13-20(19)29-3/h4-6,8,10-13H,1-3H3. The van der Waals surface area contributed by atoms with Gasteiger partial charge in [0.05, 0.1) is 25.5 Å². The summed E-state index contributed by atoms with van der Waals surface area (Å²) in [5.41, 5.74) is 2.00. The highest BCUT2D eigenvalue weighted by Gasteiger charge is 2.31. The van der Waals surface area contributed by atoms with Gasteiger partial charge in [-0.25, -0.2) is 0 Å². The second kappa shape index (κ2) is 8.23. The van der Waals surface area contributed by atoms with Crippen LogP contribution in [0.15, 0.2) is 48.5 Å². The monoisotopic (exact) mass is 398 g/mol. The molecule has 4 nitrogen and oxygen atoms in total. The van der Waals surface area contributed by atoms with Crippen LogP contribution in [0.3, 0.4) is 0 Å². The van der Waals surface area contributed by atoms with Gasteiger partial charge in [0.25, 0.3) is 0 Å². The Labute approximate surface area is 166 Å². The smallest absolute Gasteiger partial charge is 0.416 e. The summed E-state index contributed by atoms with van der Waals surface area (Å²) >= 11 is 0. The zero-order valence-electron chi connectivity index (χ0n) is 16.0. The van der Waals surface area contributed by atoms with Gasteiger partial charge in [0.15, 0.2) is 0 Å². The SMILES string of the molecule is COc1cccc(C#Cc2cc(C)c(-c3ccc(C(F)(F)F)cc3OC)nn2)c1. The molecule has 1 heterocycles. The van der Waals surface area contributed by atoms with Gasteiger partial charge in [0.2, 0.25) is 0 Å². The number of ether oxygens (including phenoxy) is 2. The fraction of sp³-hybridized carbons (Fsp3) is 0.182. The van der Waals surface area contributed by atoms with Gasteiger partial charge in [-0.15, -0.1) is 10.2 Å². The minimum absolute atomic E-state index is 0.0763. The molecule has 3 rings (SSSR count). The van der Waals surface area contributed by atoms with E-state index in [1.807, 2.05) is 18.2 Å². The summed E-state index contributed by atoms with van der Waals surface area (Å²) in [6, 6.07) is 12.3. The second-order valence-corrected chi connectivity index (χ2v) is 6.16. The molecule has 0 N–H and O–H groups in total. The van der Waals surface area contributed by atoms with Gasteiger partial charge < -0.3 is 9.47 Å². The van der Waals surface area contributed by atoms with Crippen LogP contribution in [0.25, 0.3) is 11.3 Å². The molecule has 0 aliphatic heterocycles. The molecule has 2 aromatic carbocycles. The first-order valence-corrected chi connectivity index (χ1v) is 8.58. The number of halogens is 3. The third kappa shape index (κ3) is 4.66. The van der Waals surface area contributed by atoms with E-state index in [9.17, 15) is 13.2 Å². The highest BCUT2D eigenvalue weighted by Crippen LogP contribution is 2.37. The van der Waals surface area contributed by atoms with Crippen LogP contribution in [0.5, 0.6) is 11.5 Å². The summed E-state index contributed by atoms with van der Waals surface area (Å²) in [6.07, 6.45) is -4.45. The van der Waals surface area contributed by atoms with E-state index >= 15 is 0 Å². The Bertz CT molecular complexity index is 1100. The van der Waals surface area contributed by atoms with E-state index < -0.39 is 11.7 Å². The zero-order valence-corrected chi connectivity index (χ0v) is 16.0. The number of aryl methyl sites for hydroxylation is 1. The van der Waals surface area contributed by atoms with E-state index in [2.05, 4.69) is 22.0 Å². The molecule has 0 aliphatic carbocycles. The summed E-state index contributed by atoms with van der Waals surface area (Å²) in [7, 11) is 2.89. The van der Waals surface area contributed by atoms with Crippen LogP contribution < -0.4 is 9.47 Å². The number of rotatable bonds is 3. The highest BCUT2D eigenvalue weighted by molar-refractivity contribution is 5.70. The van der Waals surface area contributed by atoms with E-state index in [0.29, 0.717) is 28.3 Å². The normalized spacial score (nSPS) is 10.8. The topological polar surface area (TPSA) is 44.2 Å². The molecule has 0 fully saturated rings. The molecular weight excluding hydrogens is 381 g/mol. The van der Waals surface area contributed by atoms with Crippen molar-refractivity contribution in [2.45, 2.75) is 13.1 Å². The summed E-state index contributed by atoms with van der Waals surface area (Å²) in [4.78, 5) is 0. The van der Waals surface area contributed by atoms with Gasteiger partial charge >= 0.3 is 6.18 Å². The van der Waals surface area contributed by atoms with Crippen molar-refractivity contribution < 1.29 is 22.6 Å². The van der Waals surface area contributed by atoms with Crippen molar-refractivity contribution in [3.05, 3.63) is 70.9 Å². The number of nitrogens with zero attached hydrogens (tertiary/aromatic N) is 2. The Morgan fingerprint density at radius 3 is 2.34 bits per heavy atom. The average Bonchev–Trinajstić information content (AvgIpc) is 2.71. The van der Waals surface area contributed by atoms with Crippen molar-refractivity contribution in [1.29, 1.82) is 0 Å². The lowest BCUT2D eigenvalue weighted by atomic mass is 10.0. The predicted octanol–water partition coefficient (Wildman–Crippen LogP) is 4.89. The molecule has 0 spiro atoms. The van der Waals surface area contributed by atoms with Crippen LogP contribution in [-0.4, -0.2) is 24.4 Å². The molecule has 29 heavy (non-hydrogen) atoms. The minimum atomic E-state index is -4.45. The molecule has 148 valence electrons. The lowest BCUT2D eigenvalue weighted by Gasteiger charge is -2.13. The molecule has 3 aromatic rings. The molecule has 0 saturated heterocycles. The van der Waals surface area contributed by atoms with Crippen molar-refractivity contribution in [3.63, 3.8) is 0 Å².